The molecule has 0 saturated heterocycles. The lowest BCUT2D eigenvalue weighted by Crippen LogP contribution is -2.10. The molecular formula is C11H18. The lowest BCUT2D eigenvalue weighted by Gasteiger charge is -2.23. The van der Waals surface area contributed by atoms with Gasteiger partial charge in [-0.1, -0.05) is 45.9 Å². The molecule has 0 aromatic heterocycles. The molecule has 0 bridgehead atoms. The summed E-state index contributed by atoms with van der Waals surface area (Å²) in [5.41, 5.74) is 1.88. The van der Waals surface area contributed by atoms with Gasteiger partial charge in [0.25, 0.3) is 0 Å². The molecule has 0 aromatic carbocycles. The van der Waals surface area contributed by atoms with Crippen molar-refractivity contribution in [2.75, 3.05) is 0 Å². The van der Waals surface area contributed by atoms with Crippen LogP contribution in [0.1, 0.15) is 34.1 Å². The van der Waals surface area contributed by atoms with E-state index < -0.39 is 0 Å². The summed E-state index contributed by atoms with van der Waals surface area (Å²) in [5.74, 6) is 0.683. The maximum atomic E-state index is 2.37. The van der Waals surface area contributed by atoms with Crippen LogP contribution in [-0.4, -0.2) is 0 Å². The zero-order chi connectivity index (χ0) is 8.48. The Balaban J connectivity index is 2.68. The molecule has 0 spiro atoms. The summed E-state index contributed by atoms with van der Waals surface area (Å²) >= 11 is 0. The molecule has 0 atom stereocenters. The molecule has 0 saturated carbocycles. The highest BCUT2D eigenvalue weighted by Crippen LogP contribution is 2.30. The zero-order valence-corrected chi connectivity index (χ0v) is 8.02. The minimum Gasteiger partial charge on any atom is -0.0802 e. The fourth-order valence-corrected chi connectivity index (χ4v) is 1.27. The van der Waals surface area contributed by atoms with Gasteiger partial charge in [-0.2, -0.15) is 0 Å². The summed E-state index contributed by atoms with van der Waals surface area (Å²) in [5, 5.41) is 0. The van der Waals surface area contributed by atoms with Crippen molar-refractivity contribution in [3.05, 3.63) is 23.8 Å². The minimum atomic E-state index is 0.387. The van der Waals surface area contributed by atoms with Gasteiger partial charge in [0.05, 0.1) is 0 Å². The first-order valence-corrected chi connectivity index (χ1v) is 4.40. The lowest BCUT2D eigenvalue weighted by molar-refractivity contribution is 0.478. The van der Waals surface area contributed by atoms with Gasteiger partial charge in [0.1, 0.15) is 0 Å². The second kappa shape index (κ2) is 2.84. The van der Waals surface area contributed by atoms with E-state index in [4.69, 9.17) is 0 Å². The molecular weight excluding hydrogens is 132 g/mol. The third kappa shape index (κ3) is 2.21. The number of allylic oxidation sites excluding steroid dienone is 4. The number of hydrogen-bond acceptors (Lipinski definition) is 0. The Hall–Kier alpha value is -0.520. The van der Waals surface area contributed by atoms with Gasteiger partial charge in [0.15, 0.2) is 0 Å². The average molecular weight is 150 g/mol. The van der Waals surface area contributed by atoms with Gasteiger partial charge in [-0.05, 0) is 23.3 Å². The molecule has 0 radical (unpaired) electrons. The summed E-state index contributed by atoms with van der Waals surface area (Å²) < 4.78 is 0. The Bertz CT molecular complexity index is 192. The molecule has 0 heteroatoms. The Morgan fingerprint density at radius 2 is 2.00 bits per heavy atom. The lowest BCUT2D eigenvalue weighted by atomic mass is 9.82. The van der Waals surface area contributed by atoms with E-state index in [9.17, 15) is 0 Å². The smallest absolute Gasteiger partial charge is 0.0137 e. The van der Waals surface area contributed by atoms with Crippen molar-refractivity contribution in [1.82, 2.24) is 0 Å². The molecule has 1 rings (SSSR count). The largest absolute Gasteiger partial charge is 0.0802 e. The van der Waals surface area contributed by atoms with Crippen LogP contribution < -0.4 is 0 Å². The second-order valence-electron chi connectivity index (χ2n) is 4.38. The van der Waals surface area contributed by atoms with Crippen molar-refractivity contribution in [3.8, 4) is 0 Å². The van der Waals surface area contributed by atoms with Crippen LogP contribution in [0.25, 0.3) is 0 Å². The molecule has 0 aromatic rings. The molecule has 0 heterocycles. The standard InChI is InChI=1S/C11H18/c1-9(2)10-5-7-11(3,4)8-6-10/h5-7,9H,8H2,1-4H3. The normalized spacial score (nSPS) is 22.1. The molecule has 0 unspecified atom stereocenters. The van der Waals surface area contributed by atoms with Crippen molar-refractivity contribution in [1.29, 1.82) is 0 Å². The molecule has 0 aliphatic heterocycles. The van der Waals surface area contributed by atoms with Gasteiger partial charge in [0, 0.05) is 0 Å². The molecule has 0 N–H and O–H groups in total. The van der Waals surface area contributed by atoms with Gasteiger partial charge in [-0.3, -0.25) is 0 Å². The highest BCUT2D eigenvalue weighted by molar-refractivity contribution is 5.26. The SMILES string of the molecule is CC(C)C1=CCC(C)(C)C=C1. The van der Waals surface area contributed by atoms with E-state index in [1.165, 1.54) is 12.0 Å². The van der Waals surface area contributed by atoms with Crippen LogP contribution in [0.2, 0.25) is 0 Å². The van der Waals surface area contributed by atoms with Crippen molar-refractivity contribution in [3.63, 3.8) is 0 Å². The van der Waals surface area contributed by atoms with Gasteiger partial charge >= 0.3 is 0 Å². The highest BCUT2D eigenvalue weighted by Gasteiger charge is 2.16. The Morgan fingerprint density at radius 1 is 1.36 bits per heavy atom. The Labute approximate surface area is 70.0 Å². The Kier molecular flexibility index (Phi) is 2.22. The molecule has 11 heavy (non-hydrogen) atoms. The van der Waals surface area contributed by atoms with Gasteiger partial charge in [-0.15, -0.1) is 0 Å². The predicted octanol–water partition coefficient (Wildman–Crippen LogP) is 3.55. The zero-order valence-electron chi connectivity index (χ0n) is 8.02. The van der Waals surface area contributed by atoms with Gasteiger partial charge in [0.2, 0.25) is 0 Å². The fourth-order valence-electron chi connectivity index (χ4n) is 1.27. The quantitative estimate of drug-likeness (QED) is 0.536. The van der Waals surface area contributed by atoms with Gasteiger partial charge in [-0.25, -0.2) is 0 Å². The first kappa shape index (κ1) is 8.58. The van der Waals surface area contributed by atoms with E-state index in [0.717, 1.165) is 0 Å². The van der Waals surface area contributed by atoms with E-state index in [2.05, 4.69) is 45.9 Å². The van der Waals surface area contributed by atoms with E-state index in [1.54, 1.807) is 0 Å². The average Bonchev–Trinajstić information content (AvgIpc) is 1.86. The maximum Gasteiger partial charge on any atom is -0.0137 e. The topological polar surface area (TPSA) is 0 Å². The fraction of sp³-hybridized carbons (Fsp3) is 0.636. The predicted molar refractivity (Wildman–Crippen MR) is 50.5 cm³/mol. The maximum absolute atomic E-state index is 2.37. The van der Waals surface area contributed by atoms with Crippen LogP contribution in [0.5, 0.6) is 0 Å². The van der Waals surface area contributed by atoms with E-state index >= 15 is 0 Å². The van der Waals surface area contributed by atoms with Crippen molar-refractivity contribution in [2.24, 2.45) is 11.3 Å². The van der Waals surface area contributed by atoms with E-state index in [1.807, 2.05) is 0 Å². The summed E-state index contributed by atoms with van der Waals surface area (Å²) in [6.45, 7) is 9.04. The van der Waals surface area contributed by atoms with Crippen molar-refractivity contribution >= 4 is 0 Å². The molecule has 0 fully saturated rings. The second-order valence-corrected chi connectivity index (χ2v) is 4.38. The molecule has 1 aliphatic carbocycles. The monoisotopic (exact) mass is 150 g/mol. The van der Waals surface area contributed by atoms with Crippen LogP contribution in [0.3, 0.4) is 0 Å². The van der Waals surface area contributed by atoms with Crippen LogP contribution in [-0.2, 0) is 0 Å². The van der Waals surface area contributed by atoms with Crippen LogP contribution >= 0.6 is 0 Å². The molecule has 62 valence electrons. The summed E-state index contributed by atoms with van der Waals surface area (Å²) in [6, 6.07) is 0. The number of hydrogen-bond donors (Lipinski definition) is 0. The third-order valence-corrected chi connectivity index (χ3v) is 2.26. The van der Waals surface area contributed by atoms with Crippen LogP contribution in [0.4, 0.5) is 0 Å². The summed E-state index contributed by atoms with van der Waals surface area (Å²) in [4.78, 5) is 0. The minimum absolute atomic E-state index is 0.387. The van der Waals surface area contributed by atoms with Crippen LogP contribution in [0, 0.1) is 11.3 Å². The van der Waals surface area contributed by atoms with Gasteiger partial charge < -0.3 is 0 Å². The molecule has 0 amide bonds. The van der Waals surface area contributed by atoms with E-state index in [0.29, 0.717) is 11.3 Å². The summed E-state index contributed by atoms with van der Waals surface area (Å²) in [6.07, 6.45) is 8.15. The Morgan fingerprint density at radius 3 is 2.36 bits per heavy atom. The van der Waals surface area contributed by atoms with Crippen LogP contribution in [0.15, 0.2) is 23.8 Å². The van der Waals surface area contributed by atoms with E-state index in [-0.39, 0.29) is 0 Å². The number of rotatable bonds is 1. The van der Waals surface area contributed by atoms with Crippen molar-refractivity contribution < 1.29 is 0 Å². The molecule has 0 nitrogen and oxygen atoms in total. The molecule has 1 aliphatic rings. The summed E-state index contributed by atoms with van der Waals surface area (Å²) in [7, 11) is 0. The third-order valence-electron chi connectivity index (χ3n) is 2.26. The first-order valence-electron chi connectivity index (χ1n) is 4.40. The van der Waals surface area contributed by atoms with Crippen molar-refractivity contribution in [2.45, 2.75) is 34.1 Å². The first-order chi connectivity index (χ1) is 5.01. The highest BCUT2D eigenvalue weighted by atomic mass is 14.2.